The van der Waals surface area contributed by atoms with Gasteiger partial charge in [0.25, 0.3) is 0 Å². The molecule has 1 aliphatic rings. The average Bonchev–Trinajstić information content (AvgIpc) is 2.16. The molecule has 0 aromatic heterocycles. The number of likely N-dealkylation sites (tertiary alicyclic amines) is 1. The van der Waals surface area contributed by atoms with Gasteiger partial charge in [0.1, 0.15) is 0 Å². The third-order valence-electron chi connectivity index (χ3n) is 3.59. The lowest BCUT2D eigenvalue weighted by molar-refractivity contribution is 0.129. The summed E-state index contributed by atoms with van der Waals surface area (Å²) in [6, 6.07) is 0.796. The average molecular weight is 215 g/mol. The molecule has 2 heteroatoms. The highest BCUT2D eigenvalue weighted by molar-refractivity contribution is 7.80. The molecule has 0 spiro atoms. The van der Waals surface area contributed by atoms with Gasteiger partial charge in [-0.05, 0) is 43.9 Å². The molecule has 84 valence electrons. The molecule has 2 atom stereocenters. The van der Waals surface area contributed by atoms with Gasteiger partial charge in [0.05, 0.1) is 0 Å². The Morgan fingerprint density at radius 2 is 2.07 bits per heavy atom. The van der Waals surface area contributed by atoms with Gasteiger partial charge in [0.2, 0.25) is 0 Å². The highest BCUT2D eigenvalue weighted by atomic mass is 32.1. The first kappa shape index (κ1) is 12.4. The number of rotatable bonds is 4. The van der Waals surface area contributed by atoms with Gasteiger partial charge < -0.3 is 4.90 Å². The van der Waals surface area contributed by atoms with Crippen LogP contribution in [0.15, 0.2) is 0 Å². The smallest absolute Gasteiger partial charge is 0.00670 e. The molecule has 0 bridgehead atoms. The molecule has 0 aliphatic carbocycles. The minimum absolute atomic E-state index is 0.763. The summed E-state index contributed by atoms with van der Waals surface area (Å²) in [4.78, 5) is 2.66. The normalized spacial score (nSPS) is 26.8. The zero-order valence-electron chi connectivity index (χ0n) is 9.87. The Kier molecular flexibility index (Phi) is 5.32. The fourth-order valence-electron chi connectivity index (χ4n) is 2.21. The number of piperidine rings is 1. The van der Waals surface area contributed by atoms with Gasteiger partial charge in [-0.15, -0.1) is 0 Å². The topological polar surface area (TPSA) is 3.24 Å². The molecule has 2 unspecified atom stereocenters. The van der Waals surface area contributed by atoms with E-state index in [0.29, 0.717) is 0 Å². The summed E-state index contributed by atoms with van der Waals surface area (Å²) < 4.78 is 0. The predicted octanol–water partition coefficient (Wildman–Crippen LogP) is 3.06. The number of nitrogens with zero attached hydrogens (tertiary/aromatic N) is 1. The van der Waals surface area contributed by atoms with Crippen molar-refractivity contribution in [1.29, 1.82) is 0 Å². The fourth-order valence-corrected chi connectivity index (χ4v) is 2.75. The second kappa shape index (κ2) is 6.02. The summed E-state index contributed by atoms with van der Waals surface area (Å²) in [6.07, 6.45) is 4.20. The summed E-state index contributed by atoms with van der Waals surface area (Å²) in [5.74, 6) is 2.56. The van der Waals surface area contributed by atoms with Crippen molar-refractivity contribution in [2.45, 2.75) is 46.1 Å². The van der Waals surface area contributed by atoms with Crippen molar-refractivity contribution in [3.05, 3.63) is 0 Å². The predicted molar refractivity (Wildman–Crippen MR) is 67.1 cm³/mol. The van der Waals surface area contributed by atoms with Gasteiger partial charge in [-0.1, -0.05) is 20.3 Å². The summed E-state index contributed by atoms with van der Waals surface area (Å²) in [5, 5.41) is 0. The van der Waals surface area contributed by atoms with Crippen LogP contribution in [0, 0.1) is 11.8 Å². The van der Waals surface area contributed by atoms with Crippen molar-refractivity contribution < 1.29 is 0 Å². The highest BCUT2D eigenvalue weighted by Gasteiger charge is 2.22. The molecular formula is C12H25NS. The van der Waals surface area contributed by atoms with Crippen LogP contribution >= 0.6 is 12.6 Å². The Labute approximate surface area is 94.7 Å². The van der Waals surface area contributed by atoms with Gasteiger partial charge in [-0.3, -0.25) is 0 Å². The molecule has 0 N–H and O–H groups in total. The maximum atomic E-state index is 4.46. The van der Waals surface area contributed by atoms with E-state index in [2.05, 4.69) is 38.3 Å². The van der Waals surface area contributed by atoms with Crippen molar-refractivity contribution in [3.63, 3.8) is 0 Å². The van der Waals surface area contributed by atoms with Crippen LogP contribution in [0.2, 0.25) is 0 Å². The summed E-state index contributed by atoms with van der Waals surface area (Å²) in [7, 11) is 0. The maximum Gasteiger partial charge on any atom is 0.00670 e. The Morgan fingerprint density at radius 3 is 2.57 bits per heavy atom. The summed E-state index contributed by atoms with van der Waals surface area (Å²) in [5.41, 5.74) is 0. The number of thiol groups is 1. The summed E-state index contributed by atoms with van der Waals surface area (Å²) in [6.45, 7) is 9.56. The molecule has 1 saturated heterocycles. The zero-order chi connectivity index (χ0) is 10.6. The van der Waals surface area contributed by atoms with E-state index in [0.717, 1.165) is 23.6 Å². The SMILES string of the molecule is CC(C)C(CS)CN1CCCCC1C. The standard InChI is InChI=1S/C12H25NS/c1-10(2)12(9-14)8-13-7-5-4-6-11(13)3/h10-12,14H,4-9H2,1-3H3. The lowest BCUT2D eigenvalue weighted by Crippen LogP contribution is -2.42. The van der Waals surface area contributed by atoms with E-state index in [4.69, 9.17) is 0 Å². The minimum Gasteiger partial charge on any atom is -0.300 e. The molecule has 0 aromatic carbocycles. The third kappa shape index (κ3) is 3.47. The Morgan fingerprint density at radius 1 is 1.36 bits per heavy atom. The lowest BCUT2D eigenvalue weighted by Gasteiger charge is -2.36. The van der Waals surface area contributed by atoms with E-state index in [1.54, 1.807) is 0 Å². The van der Waals surface area contributed by atoms with E-state index < -0.39 is 0 Å². The van der Waals surface area contributed by atoms with Gasteiger partial charge in [-0.2, -0.15) is 12.6 Å². The fraction of sp³-hybridized carbons (Fsp3) is 1.00. The van der Waals surface area contributed by atoms with Crippen molar-refractivity contribution in [1.82, 2.24) is 4.90 Å². The van der Waals surface area contributed by atoms with Crippen LogP contribution < -0.4 is 0 Å². The Balaban J connectivity index is 2.39. The molecule has 14 heavy (non-hydrogen) atoms. The van der Waals surface area contributed by atoms with Crippen molar-refractivity contribution in [2.24, 2.45) is 11.8 Å². The molecule has 0 radical (unpaired) electrons. The second-order valence-corrected chi connectivity index (χ2v) is 5.39. The molecular weight excluding hydrogens is 190 g/mol. The Hall–Kier alpha value is 0.310. The molecule has 1 rings (SSSR count). The van der Waals surface area contributed by atoms with Crippen LogP contribution in [0.1, 0.15) is 40.0 Å². The number of hydrogen-bond acceptors (Lipinski definition) is 2. The van der Waals surface area contributed by atoms with Crippen LogP contribution in [0.3, 0.4) is 0 Å². The minimum atomic E-state index is 0.763. The molecule has 1 nitrogen and oxygen atoms in total. The first-order valence-corrected chi connectivity index (χ1v) is 6.63. The van der Waals surface area contributed by atoms with Crippen molar-refractivity contribution in [3.8, 4) is 0 Å². The van der Waals surface area contributed by atoms with Gasteiger partial charge in [-0.25, -0.2) is 0 Å². The van der Waals surface area contributed by atoms with Crippen molar-refractivity contribution >= 4 is 12.6 Å². The van der Waals surface area contributed by atoms with Gasteiger partial charge in [0, 0.05) is 12.6 Å². The van der Waals surface area contributed by atoms with Crippen LogP contribution in [-0.2, 0) is 0 Å². The first-order chi connectivity index (χ1) is 6.65. The molecule has 0 aromatic rings. The maximum absolute atomic E-state index is 4.46. The first-order valence-electron chi connectivity index (χ1n) is 6.00. The van der Waals surface area contributed by atoms with E-state index in [-0.39, 0.29) is 0 Å². The monoisotopic (exact) mass is 215 g/mol. The third-order valence-corrected chi connectivity index (χ3v) is 4.06. The van der Waals surface area contributed by atoms with E-state index in [9.17, 15) is 0 Å². The lowest BCUT2D eigenvalue weighted by atomic mass is 9.94. The molecule has 0 amide bonds. The highest BCUT2D eigenvalue weighted by Crippen LogP contribution is 2.21. The molecule has 1 heterocycles. The van der Waals surface area contributed by atoms with Crippen LogP contribution in [0.5, 0.6) is 0 Å². The quantitative estimate of drug-likeness (QED) is 0.705. The van der Waals surface area contributed by atoms with Crippen molar-refractivity contribution in [2.75, 3.05) is 18.8 Å². The van der Waals surface area contributed by atoms with E-state index in [1.165, 1.54) is 32.4 Å². The Bertz CT molecular complexity index is 158. The van der Waals surface area contributed by atoms with Gasteiger partial charge >= 0.3 is 0 Å². The van der Waals surface area contributed by atoms with Crippen LogP contribution in [-0.4, -0.2) is 29.8 Å². The summed E-state index contributed by atoms with van der Waals surface area (Å²) >= 11 is 4.46. The van der Waals surface area contributed by atoms with Crippen LogP contribution in [0.25, 0.3) is 0 Å². The molecule has 0 saturated carbocycles. The van der Waals surface area contributed by atoms with Gasteiger partial charge in [0.15, 0.2) is 0 Å². The van der Waals surface area contributed by atoms with E-state index in [1.807, 2.05) is 0 Å². The van der Waals surface area contributed by atoms with E-state index >= 15 is 0 Å². The largest absolute Gasteiger partial charge is 0.300 e. The molecule has 1 aliphatic heterocycles. The number of hydrogen-bond donors (Lipinski definition) is 1. The van der Waals surface area contributed by atoms with Crippen LogP contribution in [0.4, 0.5) is 0 Å². The zero-order valence-corrected chi connectivity index (χ0v) is 10.8. The molecule has 1 fully saturated rings. The second-order valence-electron chi connectivity index (χ2n) is 5.03.